The summed E-state index contributed by atoms with van der Waals surface area (Å²) in [5.74, 6) is -3.63. The Labute approximate surface area is 102 Å². The number of non-ortho nitro benzene ring substituents is 1. The molecule has 0 aromatic heterocycles. The lowest BCUT2D eigenvalue weighted by Gasteiger charge is -2.19. The zero-order valence-electron chi connectivity index (χ0n) is 9.70. The number of hydrogen-bond acceptors (Lipinski definition) is 3. The normalized spacial score (nSPS) is 13.4. The summed E-state index contributed by atoms with van der Waals surface area (Å²) < 4.78 is 39.4. The number of nitrogens with two attached hydrogens (primary N) is 1. The Morgan fingerprint density at radius 3 is 2.61 bits per heavy atom. The van der Waals surface area contributed by atoms with Crippen molar-refractivity contribution in [3.8, 4) is 0 Å². The van der Waals surface area contributed by atoms with Crippen molar-refractivity contribution in [2.45, 2.75) is 25.4 Å². The molecule has 0 radical (unpaired) electrons. The third-order valence-corrected chi connectivity index (χ3v) is 2.67. The largest absolute Gasteiger partial charge is 0.325 e. The van der Waals surface area contributed by atoms with Gasteiger partial charge < -0.3 is 5.73 Å². The molecule has 0 amide bonds. The van der Waals surface area contributed by atoms with E-state index in [1.54, 1.807) is 6.92 Å². The Hall–Kier alpha value is -1.63. The predicted octanol–water partition coefficient (Wildman–Crippen LogP) is 2.38. The number of alkyl halides is 3. The molecule has 1 unspecified atom stereocenters. The highest BCUT2D eigenvalue weighted by Gasteiger charge is 2.38. The zero-order chi connectivity index (χ0) is 13.9. The summed E-state index contributed by atoms with van der Waals surface area (Å²) in [6.45, 7) is 0.481. The van der Waals surface area contributed by atoms with Gasteiger partial charge in [0.1, 0.15) is 0 Å². The standard InChI is InChI=1S/C11H13F3N2O2/c1-7-2-3-9(16(17)18)4-8(7)5-10(12)11(13,14)6-15/h2-4,10H,5-6,15H2,1H3. The summed E-state index contributed by atoms with van der Waals surface area (Å²) in [7, 11) is 0. The molecule has 0 saturated heterocycles. The highest BCUT2D eigenvalue weighted by atomic mass is 19.3. The van der Waals surface area contributed by atoms with Crippen molar-refractivity contribution in [3.05, 3.63) is 39.4 Å². The lowest BCUT2D eigenvalue weighted by atomic mass is 9.99. The molecule has 7 heteroatoms. The molecule has 1 aromatic rings. The maximum absolute atomic E-state index is 13.4. The van der Waals surface area contributed by atoms with Crippen LogP contribution < -0.4 is 5.73 Å². The maximum atomic E-state index is 13.4. The van der Waals surface area contributed by atoms with Gasteiger partial charge in [0, 0.05) is 18.6 Å². The fraction of sp³-hybridized carbons (Fsp3) is 0.455. The van der Waals surface area contributed by atoms with Crippen LogP contribution in [-0.2, 0) is 6.42 Å². The molecule has 0 spiro atoms. The molecule has 0 bridgehead atoms. The van der Waals surface area contributed by atoms with Crippen LogP contribution in [0.15, 0.2) is 18.2 Å². The summed E-state index contributed by atoms with van der Waals surface area (Å²) in [5.41, 5.74) is 5.24. The first-order chi connectivity index (χ1) is 8.27. The van der Waals surface area contributed by atoms with E-state index in [0.29, 0.717) is 5.56 Å². The van der Waals surface area contributed by atoms with Crippen molar-refractivity contribution in [1.29, 1.82) is 0 Å². The fourth-order valence-electron chi connectivity index (χ4n) is 1.46. The van der Waals surface area contributed by atoms with Crippen molar-refractivity contribution in [1.82, 2.24) is 0 Å². The van der Waals surface area contributed by atoms with Gasteiger partial charge in [0.25, 0.3) is 11.6 Å². The van der Waals surface area contributed by atoms with Gasteiger partial charge in [0.2, 0.25) is 0 Å². The lowest BCUT2D eigenvalue weighted by molar-refractivity contribution is -0.384. The molecular weight excluding hydrogens is 249 g/mol. The van der Waals surface area contributed by atoms with E-state index in [9.17, 15) is 23.3 Å². The third kappa shape index (κ3) is 3.19. The van der Waals surface area contributed by atoms with E-state index in [2.05, 4.69) is 0 Å². The Kier molecular flexibility index (Phi) is 4.28. The number of nitro benzene ring substituents is 1. The van der Waals surface area contributed by atoms with Crippen LogP contribution in [0.25, 0.3) is 0 Å². The second-order valence-corrected chi connectivity index (χ2v) is 4.00. The molecule has 18 heavy (non-hydrogen) atoms. The summed E-state index contributed by atoms with van der Waals surface area (Å²) in [5, 5.41) is 10.5. The number of hydrogen-bond donors (Lipinski definition) is 1. The quantitative estimate of drug-likeness (QED) is 0.654. The molecule has 0 aliphatic carbocycles. The van der Waals surface area contributed by atoms with E-state index in [1.807, 2.05) is 0 Å². The average molecular weight is 262 g/mol. The van der Waals surface area contributed by atoms with Gasteiger partial charge in [0.05, 0.1) is 11.5 Å². The van der Waals surface area contributed by atoms with Gasteiger partial charge in [-0.25, -0.2) is 13.2 Å². The molecule has 0 aliphatic heterocycles. The highest BCUT2D eigenvalue weighted by Crippen LogP contribution is 2.26. The van der Waals surface area contributed by atoms with E-state index >= 15 is 0 Å². The Bertz CT molecular complexity index is 452. The van der Waals surface area contributed by atoms with Crippen LogP contribution in [0, 0.1) is 17.0 Å². The van der Waals surface area contributed by atoms with Crippen LogP contribution in [0.2, 0.25) is 0 Å². The number of benzene rings is 1. The number of nitrogens with zero attached hydrogens (tertiary/aromatic N) is 1. The van der Waals surface area contributed by atoms with E-state index < -0.39 is 30.0 Å². The smallest absolute Gasteiger partial charge is 0.290 e. The van der Waals surface area contributed by atoms with Crippen LogP contribution in [0.4, 0.5) is 18.9 Å². The van der Waals surface area contributed by atoms with E-state index in [1.165, 1.54) is 12.1 Å². The molecule has 100 valence electrons. The van der Waals surface area contributed by atoms with Crippen molar-refractivity contribution < 1.29 is 18.1 Å². The summed E-state index contributed by atoms with van der Waals surface area (Å²) in [6, 6.07) is 3.75. The van der Waals surface area contributed by atoms with Crippen molar-refractivity contribution in [3.63, 3.8) is 0 Å². The van der Waals surface area contributed by atoms with E-state index in [-0.39, 0.29) is 11.3 Å². The Morgan fingerprint density at radius 1 is 1.50 bits per heavy atom. The van der Waals surface area contributed by atoms with Crippen LogP contribution >= 0.6 is 0 Å². The molecule has 0 aliphatic rings. The van der Waals surface area contributed by atoms with Gasteiger partial charge in [0.15, 0.2) is 6.17 Å². The maximum Gasteiger partial charge on any atom is 0.290 e. The second-order valence-electron chi connectivity index (χ2n) is 4.00. The van der Waals surface area contributed by atoms with Gasteiger partial charge in [-0.1, -0.05) is 6.07 Å². The number of nitro groups is 1. The first kappa shape index (κ1) is 14.4. The highest BCUT2D eigenvalue weighted by molar-refractivity contribution is 5.39. The van der Waals surface area contributed by atoms with Gasteiger partial charge in [-0.05, 0) is 18.1 Å². The van der Waals surface area contributed by atoms with Gasteiger partial charge >= 0.3 is 0 Å². The minimum atomic E-state index is -3.63. The first-order valence-electron chi connectivity index (χ1n) is 5.24. The monoisotopic (exact) mass is 262 g/mol. The van der Waals surface area contributed by atoms with Crippen LogP contribution in [0.1, 0.15) is 11.1 Å². The van der Waals surface area contributed by atoms with Crippen molar-refractivity contribution >= 4 is 5.69 Å². The SMILES string of the molecule is Cc1ccc([N+](=O)[O-])cc1CC(F)C(F)(F)CN. The fourth-order valence-corrected chi connectivity index (χ4v) is 1.46. The molecule has 1 atom stereocenters. The molecule has 1 rings (SSSR count). The molecular formula is C11H13F3N2O2. The Morgan fingerprint density at radius 2 is 2.11 bits per heavy atom. The summed E-state index contributed by atoms with van der Waals surface area (Å²) >= 11 is 0. The van der Waals surface area contributed by atoms with E-state index in [0.717, 1.165) is 6.07 Å². The van der Waals surface area contributed by atoms with Gasteiger partial charge in [-0.3, -0.25) is 10.1 Å². The molecule has 0 heterocycles. The van der Waals surface area contributed by atoms with Crippen LogP contribution in [-0.4, -0.2) is 23.6 Å². The summed E-state index contributed by atoms with van der Waals surface area (Å²) in [4.78, 5) is 9.89. The van der Waals surface area contributed by atoms with E-state index in [4.69, 9.17) is 5.73 Å². The van der Waals surface area contributed by atoms with Crippen LogP contribution in [0.3, 0.4) is 0 Å². The molecule has 0 saturated carbocycles. The number of halogens is 3. The minimum Gasteiger partial charge on any atom is -0.325 e. The van der Waals surface area contributed by atoms with Crippen molar-refractivity contribution in [2.24, 2.45) is 5.73 Å². The molecule has 1 aromatic carbocycles. The number of rotatable bonds is 5. The topological polar surface area (TPSA) is 69.2 Å². The molecule has 2 N–H and O–H groups in total. The zero-order valence-corrected chi connectivity index (χ0v) is 9.70. The average Bonchev–Trinajstić information content (AvgIpc) is 2.31. The number of aryl methyl sites for hydroxylation is 1. The second kappa shape index (κ2) is 5.34. The Balaban J connectivity index is 2.97. The van der Waals surface area contributed by atoms with Crippen LogP contribution in [0.5, 0.6) is 0 Å². The van der Waals surface area contributed by atoms with Crippen molar-refractivity contribution in [2.75, 3.05) is 6.54 Å². The first-order valence-corrected chi connectivity index (χ1v) is 5.24. The molecule has 0 fully saturated rings. The summed E-state index contributed by atoms with van der Waals surface area (Å²) in [6.07, 6.45) is -3.05. The third-order valence-electron chi connectivity index (χ3n) is 2.67. The lowest BCUT2D eigenvalue weighted by Crippen LogP contribution is -2.39. The predicted molar refractivity (Wildman–Crippen MR) is 60.4 cm³/mol. The molecule has 4 nitrogen and oxygen atoms in total. The minimum absolute atomic E-state index is 0.185. The van der Waals surface area contributed by atoms with Gasteiger partial charge in [-0.15, -0.1) is 0 Å². The van der Waals surface area contributed by atoms with Gasteiger partial charge in [-0.2, -0.15) is 0 Å².